The smallest absolute Gasteiger partial charge is 0.328 e. The molecule has 0 radical (unpaired) electrons. The molecule has 0 aromatic heterocycles. The SMILES string of the molecule is COC(=O)C1CC2[NH2+]CN(C)C2CN1C(=O)CCC(=O)[O-]. The quantitative estimate of drug-likeness (QED) is 0.540. The fraction of sp³-hybridized carbons (Fsp3) is 0.769. The molecule has 0 aliphatic carbocycles. The number of piperidine rings is 1. The zero-order chi connectivity index (χ0) is 15.6. The normalized spacial score (nSPS) is 29.0. The highest BCUT2D eigenvalue weighted by Gasteiger charge is 2.47. The maximum atomic E-state index is 12.2. The van der Waals surface area contributed by atoms with Gasteiger partial charge in [-0.3, -0.25) is 4.79 Å². The number of carboxylic acid groups (broad SMARTS) is 1. The van der Waals surface area contributed by atoms with E-state index in [-0.39, 0.29) is 30.8 Å². The molecule has 2 saturated heterocycles. The van der Waals surface area contributed by atoms with E-state index < -0.39 is 18.0 Å². The van der Waals surface area contributed by atoms with Crippen LogP contribution in [0.2, 0.25) is 0 Å². The van der Waals surface area contributed by atoms with E-state index in [0.29, 0.717) is 13.0 Å². The molecule has 0 spiro atoms. The minimum atomic E-state index is -1.26. The number of esters is 1. The Balaban J connectivity index is 2.11. The van der Waals surface area contributed by atoms with Crippen LogP contribution in [0.15, 0.2) is 0 Å². The summed E-state index contributed by atoms with van der Waals surface area (Å²) in [5.41, 5.74) is 0. The highest BCUT2D eigenvalue weighted by atomic mass is 16.5. The molecule has 3 unspecified atom stereocenters. The van der Waals surface area contributed by atoms with Crippen LogP contribution in [0.5, 0.6) is 0 Å². The first-order valence-electron chi connectivity index (χ1n) is 7.04. The number of fused-ring (bicyclic) bond motifs is 1. The number of carboxylic acids is 1. The minimum Gasteiger partial charge on any atom is -0.550 e. The summed E-state index contributed by atoms with van der Waals surface area (Å²) in [4.78, 5) is 38.3. The lowest BCUT2D eigenvalue weighted by Gasteiger charge is -2.39. The first-order chi connectivity index (χ1) is 9.93. The summed E-state index contributed by atoms with van der Waals surface area (Å²) in [6, 6.07) is -0.199. The van der Waals surface area contributed by atoms with Gasteiger partial charge in [-0.2, -0.15) is 0 Å². The van der Waals surface area contributed by atoms with Crippen molar-refractivity contribution in [2.45, 2.75) is 37.4 Å². The van der Waals surface area contributed by atoms with Crippen LogP contribution in [0.1, 0.15) is 19.3 Å². The number of methoxy groups -OCH3 is 1. The maximum Gasteiger partial charge on any atom is 0.328 e. The van der Waals surface area contributed by atoms with Crippen molar-refractivity contribution in [2.24, 2.45) is 0 Å². The van der Waals surface area contributed by atoms with E-state index in [1.54, 1.807) is 0 Å². The van der Waals surface area contributed by atoms with Crippen molar-refractivity contribution in [3.8, 4) is 0 Å². The van der Waals surface area contributed by atoms with Gasteiger partial charge < -0.3 is 24.9 Å². The highest BCUT2D eigenvalue weighted by molar-refractivity contribution is 5.86. The van der Waals surface area contributed by atoms with Gasteiger partial charge in [-0.05, 0) is 13.5 Å². The zero-order valence-electron chi connectivity index (χ0n) is 12.3. The van der Waals surface area contributed by atoms with Gasteiger partial charge in [0.05, 0.1) is 13.2 Å². The average Bonchev–Trinajstić information content (AvgIpc) is 2.83. The summed E-state index contributed by atoms with van der Waals surface area (Å²) >= 11 is 0. The van der Waals surface area contributed by atoms with Crippen LogP contribution in [0, 0.1) is 0 Å². The van der Waals surface area contributed by atoms with Gasteiger partial charge in [0.1, 0.15) is 18.8 Å². The molecule has 2 rings (SSSR count). The van der Waals surface area contributed by atoms with Crippen LogP contribution in [0.4, 0.5) is 0 Å². The number of ether oxygens (including phenoxy) is 1. The Morgan fingerprint density at radius 2 is 2.05 bits per heavy atom. The van der Waals surface area contributed by atoms with Crippen molar-refractivity contribution < 1.29 is 29.5 Å². The van der Waals surface area contributed by atoms with Crippen LogP contribution >= 0.6 is 0 Å². The maximum absolute atomic E-state index is 12.2. The van der Waals surface area contributed by atoms with E-state index in [2.05, 4.69) is 10.2 Å². The second-order valence-corrected chi connectivity index (χ2v) is 5.60. The number of quaternary nitrogens is 1. The number of carbonyl (C=O) groups is 3. The molecular weight excluding hydrogens is 278 g/mol. The molecule has 0 aromatic carbocycles. The predicted molar refractivity (Wildman–Crippen MR) is 68.5 cm³/mol. The van der Waals surface area contributed by atoms with Gasteiger partial charge in [-0.25, -0.2) is 9.69 Å². The Labute approximate surface area is 123 Å². The molecule has 2 fully saturated rings. The highest BCUT2D eigenvalue weighted by Crippen LogP contribution is 2.23. The number of aliphatic carboxylic acids is 1. The molecular formula is C13H21N3O5. The lowest BCUT2D eigenvalue weighted by Crippen LogP contribution is -2.89. The number of rotatable bonds is 4. The number of carbonyl (C=O) groups excluding carboxylic acids is 3. The van der Waals surface area contributed by atoms with Gasteiger partial charge in [0, 0.05) is 25.4 Å². The molecule has 21 heavy (non-hydrogen) atoms. The second kappa shape index (κ2) is 6.40. The molecule has 2 aliphatic rings. The number of nitrogens with two attached hydrogens (primary N) is 1. The number of hydrogen-bond donors (Lipinski definition) is 1. The van der Waals surface area contributed by atoms with Crippen LogP contribution in [0.3, 0.4) is 0 Å². The largest absolute Gasteiger partial charge is 0.550 e. The third-order valence-electron chi connectivity index (χ3n) is 4.35. The Bertz CT molecular complexity index is 442. The number of likely N-dealkylation sites (tertiary alicyclic amines) is 1. The van der Waals surface area contributed by atoms with Crippen LogP contribution in [0.25, 0.3) is 0 Å². The Morgan fingerprint density at radius 1 is 1.33 bits per heavy atom. The third-order valence-corrected chi connectivity index (χ3v) is 4.35. The third kappa shape index (κ3) is 3.33. The Kier molecular flexibility index (Phi) is 4.79. The predicted octanol–water partition coefficient (Wildman–Crippen LogP) is -3.51. The van der Waals surface area contributed by atoms with E-state index in [9.17, 15) is 19.5 Å². The molecule has 3 atom stereocenters. The first kappa shape index (κ1) is 15.7. The topological polar surface area (TPSA) is 107 Å². The fourth-order valence-electron chi connectivity index (χ4n) is 3.15. The molecule has 0 aromatic rings. The Morgan fingerprint density at radius 3 is 2.67 bits per heavy atom. The number of hydrogen-bond acceptors (Lipinski definition) is 6. The van der Waals surface area contributed by atoms with Crippen LogP contribution in [-0.2, 0) is 19.1 Å². The summed E-state index contributed by atoms with van der Waals surface area (Å²) in [7, 11) is 3.27. The minimum absolute atomic E-state index is 0.152. The summed E-state index contributed by atoms with van der Waals surface area (Å²) in [5, 5.41) is 12.7. The fourth-order valence-corrected chi connectivity index (χ4v) is 3.15. The number of likely N-dealkylation sites (N-methyl/N-ethyl adjacent to an activating group) is 1. The van der Waals surface area contributed by atoms with Crippen LogP contribution in [-0.4, -0.2) is 73.1 Å². The second-order valence-electron chi connectivity index (χ2n) is 5.60. The Hall–Kier alpha value is -1.67. The molecule has 8 nitrogen and oxygen atoms in total. The lowest BCUT2D eigenvalue weighted by atomic mass is 9.93. The van der Waals surface area contributed by atoms with Crippen molar-refractivity contribution in [1.82, 2.24) is 9.80 Å². The molecule has 0 saturated carbocycles. The molecule has 8 heteroatoms. The van der Waals surface area contributed by atoms with E-state index in [4.69, 9.17) is 4.74 Å². The molecule has 2 heterocycles. The summed E-state index contributed by atoms with van der Waals surface area (Å²) in [6.07, 6.45) is 0.0403. The van der Waals surface area contributed by atoms with Gasteiger partial charge >= 0.3 is 5.97 Å². The summed E-state index contributed by atoms with van der Waals surface area (Å²) in [6.45, 7) is 1.24. The first-order valence-corrected chi connectivity index (χ1v) is 7.04. The summed E-state index contributed by atoms with van der Waals surface area (Å²) < 4.78 is 4.78. The molecule has 2 aliphatic heterocycles. The van der Waals surface area contributed by atoms with Crippen LogP contribution < -0.4 is 10.4 Å². The molecule has 1 amide bonds. The molecule has 2 N–H and O–H groups in total. The van der Waals surface area contributed by atoms with E-state index in [1.165, 1.54) is 12.0 Å². The zero-order valence-corrected chi connectivity index (χ0v) is 12.3. The lowest BCUT2D eigenvalue weighted by molar-refractivity contribution is -0.678. The van der Waals surface area contributed by atoms with Crippen molar-refractivity contribution in [3.63, 3.8) is 0 Å². The standard InChI is InChI=1S/C13H21N3O5/c1-15-7-14-8-5-9(13(20)21-2)16(6-10(8)15)11(17)3-4-12(18)19/h8-10,14H,3-7H2,1-2H3,(H,18,19). The van der Waals surface area contributed by atoms with E-state index >= 15 is 0 Å². The van der Waals surface area contributed by atoms with Gasteiger partial charge in [-0.15, -0.1) is 0 Å². The molecule has 0 bridgehead atoms. The molecule has 118 valence electrons. The van der Waals surface area contributed by atoms with Crippen molar-refractivity contribution in [2.75, 3.05) is 27.4 Å². The van der Waals surface area contributed by atoms with E-state index in [1.807, 2.05) is 7.05 Å². The van der Waals surface area contributed by atoms with Crippen molar-refractivity contribution in [1.29, 1.82) is 0 Å². The monoisotopic (exact) mass is 299 g/mol. The van der Waals surface area contributed by atoms with Gasteiger partial charge in [-0.1, -0.05) is 0 Å². The van der Waals surface area contributed by atoms with E-state index in [0.717, 1.165) is 6.67 Å². The van der Waals surface area contributed by atoms with Gasteiger partial charge in [0.25, 0.3) is 0 Å². The number of amides is 1. The number of nitrogens with zero attached hydrogens (tertiary/aromatic N) is 2. The van der Waals surface area contributed by atoms with Crippen molar-refractivity contribution >= 4 is 17.8 Å². The van der Waals surface area contributed by atoms with Gasteiger partial charge in [0.15, 0.2) is 0 Å². The summed E-state index contributed by atoms with van der Waals surface area (Å²) in [5.74, 6) is -2.05. The van der Waals surface area contributed by atoms with Crippen molar-refractivity contribution in [3.05, 3.63) is 0 Å². The average molecular weight is 299 g/mol. The van der Waals surface area contributed by atoms with Gasteiger partial charge in [0.2, 0.25) is 5.91 Å².